The third-order valence-electron chi connectivity index (χ3n) is 6.98. The number of aromatic amines is 1. The van der Waals surface area contributed by atoms with E-state index in [1.165, 1.54) is 0 Å². The largest absolute Gasteiger partial charge is 0.456 e. The molecule has 2 N–H and O–H groups in total. The third kappa shape index (κ3) is 5.14. The summed E-state index contributed by atoms with van der Waals surface area (Å²) in [6, 6.07) is 18.2. The van der Waals surface area contributed by atoms with Gasteiger partial charge in [-0.1, -0.05) is 18.2 Å². The second-order valence-corrected chi connectivity index (χ2v) is 9.64. The van der Waals surface area contributed by atoms with Crippen LogP contribution in [0.5, 0.6) is 11.5 Å². The Bertz CT molecular complexity index is 1500. The predicted molar refractivity (Wildman–Crippen MR) is 146 cm³/mol. The van der Waals surface area contributed by atoms with E-state index in [-0.39, 0.29) is 11.7 Å². The summed E-state index contributed by atoms with van der Waals surface area (Å²) < 4.78 is 17.9. The number of fused-ring (bicyclic) bond motifs is 2. The SMILES string of the molecule is COCc1cncc(CNc2ccc3c(c2)Cc2cccc(C4CN(c5cc[nH]c(=O)c5)CCO4)c2O3)c1. The Hall–Kier alpha value is -4.14. The number of para-hydroxylation sites is 1. The van der Waals surface area contributed by atoms with Crippen LogP contribution in [0.15, 0.2) is 78.0 Å². The Balaban J connectivity index is 1.18. The van der Waals surface area contributed by atoms with Crippen molar-refractivity contribution in [2.24, 2.45) is 0 Å². The number of pyridine rings is 2. The monoisotopic (exact) mass is 510 g/mol. The van der Waals surface area contributed by atoms with Crippen molar-refractivity contribution in [3.05, 3.63) is 111 Å². The number of nitrogens with zero attached hydrogens (tertiary/aromatic N) is 2. The second kappa shape index (κ2) is 10.7. The molecule has 2 aliphatic rings. The zero-order valence-electron chi connectivity index (χ0n) is 21.3. The fourth-order valence-corrected chi connectivity index (χ4v) is 5.15. The van der Waals surface area contributed by atoms with E-state index in [0.29, 0.717) is 26.3 Å². The van der Waals surface area contributed by atoms with Gasteiger partial charge in [0.2, 0.25) is 5.56 Å². The highest BCUT2D eigenvalue weighted by atomic mass is 16.5. The minimum Gasteiger partial charge on any atom is -0.456 e. The van der Waals surface area contributed by atoms with E-state index in [2.05, 4.69) is 50.5 Å². The Morgan fingerprint density at radius 2 is 2.03 bits per heavy atom. The summed E-state index contributed by atoms with van der Waals surface area (Å²) in [5.41, 5.74) is 7.31. The number of ether oxygens (including phenoxy) is 3. The highest BCUT2D eigenvalue weighted by Gasteiger charge is 2.28. The molecule has 2 aliphatic heterocycles. The number of hydrogen-bond acceptors (Lipinski definition) is 7. The quantitative estimate of drug-likeness (QED) is 0.325. The van der Waals surface area contributed by atoms with E-state index in [1.807, 2.05) is 30.6 Å². The summed E-state index contributed by atoms with van der Waals surface area (Å²) in [4.78, 5) is 21.0. The maximum absolute atomic E-state index is 11.8. The zero-order valence-corrected chi connectivity index (χ0v) is 21.3. The Morgan fingerprint density at radius 1 is 1.11 bits per heavy atom. The molecule has 2 aromatic carbocycles. The molecule has 38 heavy (non-hydrogen) atoms. The number of morpholine rings is 1. The van der Waals surface area contributed by atoms with Gasteiger partial charge < -0.3 is 29.4 Å². The van der Waals surface area contributed by atoms with Gasteiger partial charge >= 0.3 is 0 Å². The van der Waals surface area contributed by atoms with Crippen molar-refractivity contribution in [1.29, 1.82) is 0 Å². The van der Waals surface area contributed by atoms with Crippen LogP contribution >= 0.6 is 0 Å². The lowest BCUT2D eigenvalue weighted by Crippen LogP contribution is -2.39. The molecule has 1 fully saturated rings. The lowest BCUT2D eigenvalue weighted by atomic mass is 9.95. The molecule has 8 heteroatoms. The zero-order chi connectivity index (χ0) is 25.9. The van der Waals surface area contributed by atoms with Crippen molar-refractivity contribution in [3.63, 3.8) is 0 Å². The van der Waals surface area contributed by atoms with Gasteiger partial charge in [0.1, 0.15) is 17.6 Å². The molecule has 1 unspecified atom stereocenters. The standard InChI is InChI=1S/C30H30N4O4/c1-36-19-21-11-20(15-31-16-21)17-33-24-5-6-27-23(13-24)12-22-3-2-4-26(30(22)38-27)28-18-34(9-10-37-28)25-7-8-32-29(35)14-25/h2-8,11,13-16,28,33H,9-10,12,17-19H2,1H3,(H,32,35). The maximum Gasteiger partial charge on any atom is 0.249 e. The van der Waals surface area contributed by atoms with Crippen LogP contribution in [0, 0.1) is 0 Å². The van der Waals surface area contributed by atoms with Crippen LogP contribution in [-0.2, 0) is 29.0 Å². The number of nitrogens with one attached hydrogen (secondary N) is 2. The summed E-state index contributed by atoms with van der Waals surface area (Å²) in [6.45, 7) is 3.19. The first kappa shape index (κ1) is 24.2. The van der Waals surface area contributed by atoms with Crippen LogP contribution < -0.4 is 20.5 Å². The van der Waals surface area contributed by atoms with Gasteiger partial charge in [0, 0.05) is 80.3 Å². The van der Waals surface area contributed by atoms with E-state index in [4.69, 9.17) is 14.2 Å². The molecule has 6 rings (SSSR count). The Kier molecular flexibility index (Phi) is 6.81. The molecule has 8 nitrogen and oxygen atoms in total. The number of methoxy groups -OCH3 is 1. The molecule has 2 aromatic heterocycles. The van der Waals surface area contributed by atoms with Gasteiger partial charge in [-0.25, -0.2) is 0 Å². The number of rotatable bonds is 7. The van der Waals surface area contributed by atoms with Gasteiger partial charge in [-0.15, -0.1) is 0 Å². The van der Waals surface area contributed by atoms with Crippen molar-refractivity contribution in [1.82, 2.24) is 9.97 Å². The van der Waals surface area contributed by atoms with E-state index in [1.54, 1.807) is 19.4 Å². The van der Waals surface area contributed by atoms with Crippen LogP contribution in [0.25, 0.3) is 0 Å². The van der Waals surface area contributed by atoms with Crippen molar-refractivity contribution < 1.29 is 14.2 Å². The summed E-state index contributed by atoms with van der Waals surface area (Å²) >= 11 is 0. The van der Waals surface area contributed by atoms with Crippen LogP contribution in [0.3, 0.4) is 0 Å². The van der Waals surface area contributed by atoms with Gasteiger partial charge in [-0.3, -0.25) is 9.78 Å². The molecule has 1 atom stereocenters. The molecule has 0 bridgehead atoms. The third-order valence-corrected chi connectivity index (χ3v) is 6.98. The first-order chi connectivity index (χ1) is 18.7. The molecule has 0 aliphatic carbocycles. The summed E-state index contributed by atoms with van der Waals surface area (Å²) in [5.74, 6) is 1.74. The molecule has 194 valence electrons. The van der Waals surface area contributed by atoms with Crippen molar-refractivity contribution in [2.75, 3.05) is 37.0 Å². The van der Waals surface area contributed by atoms with Gasteiger partial charge in [-0.2, -0.15) is 0 Å². The topological polar surface area (TPSA) is 88.7 Å². The lowest BCUT2D eigenvalue weighted by molar-refractivity contribution is 0.0384. The molecular formula is C30H30N4O4. The van der Waals surface area contributed by atoms with Crippen LogP contribution in [0.4, 0.5) is 11.4 Å². The molecule has 0 saturated carbocycles. The van der Waals surface area contributed by atoms with Crippen molar-refractivity contribution in [3.8, 4) is 11.5 Å². The summed E-state index contributed by atoms with van der Waals surface area (Å²) in [6.07, 6.45) is 6.01. The lowest BCUT2D eigenvalue weighted by Gasteiger charge is -2.36. The molecule has 1 saturated heterocycles. The van der Waals surface area contributed by atoms with Gasteiger partial charge in [-0.05, 0) is 47.0 Å². The van der Waals surface area contributed by atoms with E-state index in [9.17, 15) is 4.79 Å². The van der Waals surface area contributed by atoms with E-state index < -0.39 is 0 Å². The summed E-state index contributed by atoms with van der Waals surface area (Å²) in [5, 5.41) is 3.51. The minimum atomic E-state index is -0.150. The smallest absolute Gasteiger partial charge is 0.249 e. The molecule has 0 spiro atoms. The predicted octanol–water partition coefficient (Wildman–Crippen LogP) is 4.80. The van der Waals surface area contributed by atoms with Crippen LogP contribution in [0.2, 0.25) is 0 Å². The van der Waals surface area contributed by atoms with Gasteiger partial charge in [0.15, 0.2) is 0 Å². The number of anilines is 2. The molecule has 4 heterocycles. The first-order valence-corrected chi connectivity index (χ1v) is 12.8. The van der Waals surface area contributed by atoms with Crippen molar-refractivity contribution in [2.45, 2.75) is 25.7 Å². The Labute approximate surface area is 221 Å². The fourth-order valence-electron chi connectivity index (χ4n) is 5.15. The molecule has 0 radical (unpaired) electrons. The van der Waals surface area contributed by atoms with Crippen molar-refractivity contribution >= 4 is 11.4 Å². The minimum absolute atomic E-state index is 0.104. The normalized spacial score (nSPS) is 16.3. The first-order valence-electron chi connectivity index (χ1n) is 12.8. The summed E-state index contributed by atoms with van der Waals surface area (Å²) in [7, 11) is 1.69. The maximum atomic E-state index is 11.8. The molecule has 4 aromatic rings. The number of hydrogen-bond donors (Lipinski definition) is 2. The highest BCUT2D eigenvalue weighted by Crippen LogP contribution is 2.43. The second-order valence-electron chi connectivity index (χ2n) is 9.64. The number of aromatic nitrogens is 2. The molecular weight excluding hydrogens is 480 g/mol. The average molecular weight is 511 g/mol. The molecule has 0 amide bonds. The van der Waals surface area contributed by atoms with E-state index >= 15 is 0 Å². The van der Waals surface area contributed by atoms with E-state index in [0.717, 1.165) is 63.7 Å². The Morgan fingerprint density at radius 3 is 2.92 bits per heavy atom. The van der Waals surface area contributed by atoms with Gasteiger partial charge in [0.05, 0.1) is 13.2 Å². The van der Waals surface area contributed by atoms with Gasteiger partial charge in [0.25, 0.3) is 0 Å². The number of H-pyrrole nitrogens is 1. The fraction of sp³-hybridized carbons (Fsp3) is 0.267. The number of benzene rings is 2. The highest BCUT2D eigenvalue weighted by molar-refractivity contribution is 5.59. The van der Waals surface area contributed by atoms with Crippen LogP contribution in [0.1, 0.15) is 33.9 Å². The average Bonchev–Trinajstić information content (AvgIpc) is 2.95. The van der Waals surface area contributed by atoms with Crippen LogP contribution in [-0.4, -0.2) is 36.8 Å².